The van der Waals surface area contributed by atoms with Crippen LogP contribution in [-0.2, 0) is 6.54 Å². The molecule has 0 bridgehead atoms. The van der Waals surface area contributed by atoms with Gasteiger partial charge in [-0.15, -0.1) is 0 Å². The zero-order chi connectivity index (χ0) is 18.8. The highest BCUT2D eigenvalue weighted by Crippen LogP contribution is 2.27. The van der Waals surface area contributed by atoms with E-state index in [0.29, 0.717) is 17.3 Å². The van der Waals surface area contributed by atoms with Crippen molar-refractivity contribution in [2.45, 2.75) is 6.54 Å². The van der Waals surface area contributed by atoms with Gasteiger partial charge in [-0.2, -0.15) is 14.6 Å². The maximum atomic E-state index is 6.17. The number of anilines is 1. The molecule has 2 heterocycles. The molecule has 0 fully saturated rings. The number of benzene rings is 2. The van der Waals surface area contributed by atoms with Gasteiger partial charge in [0.05, 0.1) is 12.8 Å². The molecular formula is C20H18ClN5O. The van der Waals surface area contributed by atoms with E-state index in [1.807, 2.05) is 61.6 Å². The molecule has 0 aliphatic rings. The first-order valence-corrected chi connectivity index (χ1v) is 8.83. The molecule has 4 rings (SSSR count). The Bertz CT molecular complexity index is 1080. The van der Waals surface area contributed by atoms with Crippen LogP contribution < -0.4 is 9.64 Å². The fourth-order valence-corrected chi connectivity index (χ4v) is 3.23. The molecule has 6 nitrogen and oxygen atoms in total. The lowest BCUT2D eigenvalue weighted by atomic mass is 10.1. The normalized spacial score (nSPS) is 10.9. The molecule has 0 saturated heterocycles. The number of hydrogen-bond donors (Lipinski definition) is 0. The zero-order valence-corrected chi connectivity index (χ0v) is 15.8. The Morgan fingerprint density at radius 2 is 1.93 bits per heavy atom. The first-order chi connectivity index (χ1) is 13.2. The van der Waals surface area contributed by atoms with Crippen molar-refractivity contribution in [3.8, 4) is 17.0 Å². The van der Waals surface area contributed by atoms with Crippen LogP contribution in [0.4, 0.5) is 5.82 Å². The summed E-state index contributed by atoms with van der Waals surface area (Å²) in [5.41, 5.74) is 2.85. The van der Waals surface area contributed by atoms with Gasteiger partial charge < -0.3 is 9.64 Å². The van der Waals surface area contributed by atoms with Crippen molar-refractivity contribution in [1.82, 2.24) is 19.6 Å². The van der Waals surface area contributed by atoms with Crippen molar-refractivity contribution >= 4 is 23.2 Å². The van der Waals surface area contributed by atoms with Crippen LogP contribution in [-0.4, -0.2) is 33.7 Å². The monoisotopic (exact) mass is 379 g/mol. The SMILES string of the molecule is COc1ccc(Cl)cc1CN(C)c1cc(-c2ccccc2)nc2ncnn12. The van der Waals surface area contributed by atoms with E-state index in [1.54, 1.807) is 11.6 Å². The van der Waals surface area contributed by atoms with Crippen molar-refractivity contribution in [1.29, 1.82) is 0 Å². The molecule has 136 valence electrons. The molecule has 4 aromatic rings. The Morgan fingerprint density at radius 1 is 1.11 bits per heavy atom. The van der Waals surface area contributed by atoms with Gasteiger partial charge in [-0.1, -0.05) is 41.9 Å². The van der Waals surface area contributed by atoms with Gasteiger partial charge in [0.25, 0.3) is 5.78 Å². The molecule has 0 amide bonds. The third-order valence-electron chi connectivity index (χ3n) is 4.34. The molecule has 0 aliphatic heterocycles. The average Bonchev–Trinajstić information content (AvgIpc) is 3.16. The maximum absolute atomic E-state index is 6.17. The summed E-state index contributed by atoms with van der Waals surface area (Å²) in [6, 6.07) is 17.6. The van der Waals surface area contributed by atoms with Crippen LogP contribution in [0, 0.1) is 0 Å². The van der Waals surface area contributed by atoms with Gasteiger partial charge >= 0.3 is 0 Å². The summed E-state index contributed by atoms with van der Waals surface area (Å²) < 4.78 is 7.20. The van der Waals surface area contributed by atoms with Gasteiger partial charge in [0, 0.05) is 35.8 Å². The van der Waals surface area contributed by atoms with Crippen LogP contribution in [0.2, 0.25) is 5.02 Å². The van der Waals surface area contributed by atoms with Crippen LogP contribution in [0.1, 0.15) is 5.56 Å². The van der Waals surface area contributed by atoms with E-state index in [4.69, 9.17) is 16.3 Å². The summed E-state index contributed by atoms with van der Waals surface area (Å²) in [4.78, 5) is 11.0. The Morgan fingerprint density at radius 3 is 2.70 bits per heavy atom. The van der Waals surface area contributed by atoms with Crippen LogP contribution in [0.3, 0.4) is 0 Å². The number of halogens is 1. The Kier molecular flexibility index (Phi) is 4.64. The highest BCUT2D eigenvalue weighted by atomic mass is 35.5. The smallest absolute Gasteiger partial charge is 0.254 e. The van der Waals surface area contributed by atoms with Gasteiger partial charge in [0.1, 0.15) is 17.9 Å². The van der Waals surface area contributed by atoms with E-state index in [-0.39, 0.29) is 0 Å². The second-order valence-electron chi connectivity index (χ2n) is 6.15. The largest absolute Gasteiger partial charge is 0.496 e. The second-order valence-corrected chi connectivity index (χ2v) is 6.59. The molecule has 2 aromatic carbocycles. The lowest BCUT2D eigenvalue weighted by molar-refractivity contribution is 0.409. The van der Waals surface area contributed by atoms with Gasteiger partial charge in [0.15, 0.2) is 0 Å². The molecule has 0 N–H and O–H groups in total. The zero-order valence-electron chi connectivity index (χ0n) is 15.0. The molecule has 0 aliphatic carbocycles. The number of ether oxygens (including phenoxy) is 1. The summed E-state index contributed by atoms with van der Waals surface area (Å²) in [5, 5.41) is 4.99. The molecule has 27 heavy (non-hydrogen) atoms. The minimum Gasteiger partial charge on any atom is -0.496 e. The van der Waals surface area contributed by atoms with E-state index < -0.39 is 0 Å². The topological polar surface area (TPSA) is 55.5 Å². The third kappa shape index (κ3) is 3.44. The van der Waals surface area contributed by atoms with E-state index >= 15 is 0 Å². The first-order valence-electron chi connectivity index (χ1n) is 8.45. The Balaban J connectivity index is 1.76. The van der Waals surface area contributed by atoms with E-state index in [1.165, 1.54) is 6.33 Å². The first kappa shape index (κ1) is 17.3. The molecule has 0 spiro atoms. The standard InChI is InChI=1S/C20H18ClN5O/c1-25(12-15-10-16(21)8-9-18(15)27-2)19-11-17(14-6-4-3-5-7-14)24-20-22-13-23-26(19)20/h3-11,13H,12H2,1-2H3. The highest BCUT2D eigenvalue weighted by molar-refractivity contribution is 6.30. The van der Waals surface area contributed by atoms with Crippen molar-refractivity contribution in [3.63, 3.8) is 0 Å². The fourth-order valence-electron chi connectivity index (χ4n) is 3.03. The van der Waals surface area contributed by atoms with Gasteiger partial charge in [-0.05, 0) is 18.2 Å². The molecule has 0 saturated carbocycles. The number of nitrogens with zero attached hydrogens (tertiary/aromatic N) is 5. The summed E-state index contributed by atoms with van der Waals surface area (Å²) >= 11 is 6.17. The van der Waals surface area contributed by atoms with Crippen LogP contribution in [0.15, 0.2) is 60.9 Å². The summed E-state index contributed by atoms with van der Waals surface area (Å²) in [6.45, 7) is 0.594. The van der Waals surface area contributed by atoms with Crippen LogP contribution in [0.5, 0.6) is 5.75 Å². The molecule has 0 radical (unpaired) electrons. The number of fused-ring (bicyclic) bond motifs is 1. The third-order valence-corrected chi connectivity index (χ3v) is 4.58. The highest BCUT2D eigenvalue weighted by Gasteiger charge is 2.15. The van der Waals surface area contributed by atoms with Gasteiger partial charge in [0.2, 0.25) is 0 Å². The quantitative estimate of drug-likeness (QED) is 0.522. The molecule has 7 heteroatoms. The molecular weight excluding hydrogens is 362 g/mol. The van der Waals surface area contributed by atoms with E-state index in [0.717, 1.165) is 28.4 Å². The lowest BCUT2D eigenvalue weighted by Gasteiger charge is -2.22. The number of hydrogen-bond acceptors (Lipinski definition) is 5. The van der Waals surface area contributed by atoms with Crippen molar-refractivity contribution in [3.05, 3.63) is 71.5 Å². The molecule has 0 unspecified atom stereocenters. The number of aromatic nitrogens is 4. The summed E-state index contributed by atoms with van der Waals surface area (Å²) in [7, 11) is 3.65. The molecule has 2 aromatic heterocycles. The minimum absolute atomic E-state index is 0.552. The lowest BCUT2D eigenvalue weighted by Crippen LogP contribution is -2.20. The fraction of sp³-hybridized carbons (Fsp3) is 0.150. The van der Waals surface area contributed by atoms with E-state index in [2.05, 4.69) is 20.0 Å². The molecule has 0 atom stereocenters. The summed E-state index contributed by atoms with van der Waals surface area (Å²) in [6.07, 6.45) is 1.51. The van der Waals surface area contributed by atoms with Crippen molar-refractivity contribution < 1.29 is 4.74 Å². The van der Waals surface area contributed by atoms with Crippen LogP contribution >= 0.6 is 11.6 Å². The maximum Gasteiger partial charge on any atom is 0.254 e. The second kappa shape index (κ2) is 7.25. The predicted octanol–water partition coefficient (Wildman–Crippen LogP) is 4.09. The average molecular weight is 380 g/mol. The van der Waals surface area contributed by atoms with Crippen LogP contribution in [0.25, 0.3) is 17.0 Å². The predicted molar refractivity (Wildman–Crippen MR) is 106 cm³/mol. The number of rotatable bonds is 5. The van der Waals surface area contributed by atoms with E-state index in [9.17, 15) is 0 Å². The minimum atomic E-state index is 0.552. The summed E-state index contributed by atoms with van der Waals surface area (Å²) in [5.74, 6) is 2.22. The Labute approximate surface area is 162 Å². The van der Waals surface area contributed by atoms with Crippen molar-refractivity contribution in [2.24, 2.45) is 0 Å². The van der Waals surface area contributed by atoms with Gasteiger partial charge in [-0.25, -0.2) is 4.98 Å². The van der Waals surface area contributed by atoms with Gasteiger partial charge in [-0.3, -0.25) is 0 Å². The number of methoxy groups -OCH3 is 1. The Hall–Kier alpha value is -3.12. The van der Waals surface area contributed by atoms with Crippen molar-refractivity contribution in [2.75, 3.05) is 19.1 Å².